The van der Waals surface area contributed by atoms with E-state index in [9.17, 15) is 0 Å². The second-order valence-corrected chi connectivity index (χ2v) is 5.22. The van der Waals surface area contributed by atoms with Gasteiger partial charge in [-0.2, -0.15) is 0 Å². The largest absolute Gasteiger partial charge is 0.110 e. The minimum absolute atomic E-state index is 0.428. The topological polar surface area (TPSA) is 0 Å². The van der Waals surface area contributed by atoms with Crippen LogP contribution in [-0.2, 0) is 0 Å². The van der Waals surface area contributed by atoms with Crippen LogP contribution in [-0.4, -0.2) is 5.25 Å². The Kier molecular flexibility index (Phi) is 5.36. The van der Waals surface area contributed by atoms with Crippen LogP contribution in [0.1, 0.15) is 27.2 Å². The number of benzene rings is 1. The molecule has 0 aliphatic carbocycles. The van der Waals surface area contributed by atoms with Gasteiger partial charge in [0.1, 0.15) is 0 Å². The average Bonchev–Trinajstić information content (AvgIpc) is 2.18. The molecular weight excluding hydrogens is 200 g/mol. The summed E-state index contributed by atoms with van der Waals surface area (Å²) in [4.78, 5) is 1.31. The molecule has 0 heterocycles. The van der Waals surface area contributed by atoms with Crippen molar-refractivity contribution in [2.45, 2.75) is 37.3 Å². The van der Waals surface area contributed by atoms with Crippen molar-refractivity contribution in [3.8, 4) is 11.8 Å². The van der Waals surface area contributed by atoms with Crippen molar-refractivity contribution < 1.29 is 0 Å². The number of thioether (sulfide) groups is 1. The molecule has 15 heavy (non-hydrogen) atoms. The Morgan fingerprint density at radius 2 is 1.87 bits per heavy atom. The summed E-state index contributed by atoms with van der Waals surface area (Å²) in [6.07, 6.45) is 1.15. The van der Waals surface area contributed by atoms with Crippen LogP contribution in [0.3, 0.4) is 0 Å². The lowest BCUT2D eigenvalue weighted by Crippen LogP contribution is -2.03. The van der Waals surface area contributed by atoms with Gasteiger partial charge in [0.25, 0.3) is 0 Å². The first-order valence-electron chi connectivity index (χ1n) is 5.36. The molecule has 0 bridgehead atoms. The Morgan fingerprint density at radius 1 is 1.20 bits per heavy atom. The van der Waals surface area contributed by atoms with Gasteiger partial charge >= 0.3 is 0 Å². The van der Waals surface area contributed by atoms with E-state index in [1.807, 2.05) is 24.8 Å². The first kappa shape index (κ1) is 12.2. The maximum Gasteiger partial charge on any atom is 0.0706 e. The SMILES string of the molecule is CC#CC(CC(C)C)Sc1ccccc1. The Morgan fingerprint density at radius 3 is 2.40 bits per heavy atom. The predicted molar refractivity (Wildman–Crippen MR) is 69.0 cm³/mol. The van der Waals surface area contributed by atoms with Crippen molar-refractivity contribution in [1.82, 2.24) is 0 Å². The summed E-state index contributed by atoms with van der Waals surface area (Å²) in [5.74, 6) is 7.00. The lowest BCUT2D eigenvalue weighted by Gasteiger charge is -2.12. The standard InChI is InChI=1S/C14H18S/c1-4-8-14(11-12(2)3)15-13-9-6-5-7-10-13/h5-7,9-10,12,14H,11H2,1-3H3. The molecular formula is C14H18S. The zero-order valence-corrected chi connectivity index (χ0v) is 10.5. The van der Waals surface area contributed by atoms with E-state index >= 15 is 0 Å². The van der Waals surface area contributed by atoms with E-state index < -0.39 is 0 Å². The van der Waals surface area contributed by atoms with Gasteiger partial charge in [-0.3, -0.25) is 0 Å². The van der Waals surface area contributed by atoms with Gasteiger partial charge in [-0.1, -0.05) is 38.0 Å². The van der Waals surface area contributed by atoms with Gasteiger partial charge < -0.3 is 0 Å². The van der Waals surface area contributed by atoms with Crippen molar-refractivity contribution >= 4 is 11.8 Å². The van der Waals surface area contributed by atoms with Gasteiger partial charge in [0.2, 0.25) is 0 Å². The highest BCUT2D eigenvalue weighted by Gasteiger charge is 2.09. The van der Waals surface area contributed by atoms with Gasteiger partial charge in [-0.05, 0) is 31.4 Å². The minimum atomic E-state index is 0.428. The monoisotopic (exact) mass is 218 g/mol. The lowest BCUT2D eigenvalue weighted by atomic mass is 10.1. The quantitative estimate of drug-likeness (QED) is 0.538. The molecule has 0 aromatic heterocycles. The fourth-order valence-corrected chi connectivity index (χ4v) is 2.69. The van der Waals surface area contributed by atoms with E-state index in [2.05, 4.69) is 50.0 Å². The molecule has 1 rings (SSSR count). The highest BCUT2D eigenvalue weighted by molar-refractivity contribution is 8.00. The van der Waals surface area contributed by atoms with Crippen LogP contribution >= 0.6 is 11.8 Å². The molecule has 0 fully saturated rings. The molecule has 0 spiro atoms. The number of hydrogen-bond donors (Lipinski definition) is 0. The molecule has 0 amide bonds. The maximum atomic E-state index is 3.28. The smallest absolute Gasteiger partial charge is 0.0706 e. The third kappa shape index (κ3) is 4.95. The Labute approximate surface area is 97.5 Å². The zero-order chi connectivity index (χ0) is 11.1. The zero-order valence-electron chi connectivity index (χ0n) is 9.66. The molecule has 1 heteroatoms. The van der Waals surface area contributed by atoms with E-state index in [1.54, 1.807) is 0 Å². The minimum Gasteiger partial charge on any atom is -0.110 e. The summed E-state index contributed by atoms with van der Waals surface area (Å²) >= 11 is 1.87. The molecule has 0 saturated heterocycles. The fourth-order valence-electron chi connectivity index (χ4n) is 1.39. The Balaban J connectivity index is 2.61. The molecule has 0 radical (unpaired) electrons. The highest BCUT2D eigenvalue weighted by Crippen LogP contribution is 2.26. The molecule has 0 nitrogen and oxygen atoms in total. The summed E-state index contributed by atoms with van der Waals surface area (Å²) in [7, 11) is 0. The van der Waals surface area contributed by atoms with Crippen LogP contribution < -0.4 is 0 Å². The molecule has 1 atom stereocenters. The summed E-state index contributed by atoms with van der Waals surface area (Å²) in [5.41, 5.74) is 0. The van der Waals surface area contributed by atoms with Crippen LogP contribution in [0.25, 0.3) is 0 Å². The molecule has 0 saturated carbocycles. The third-order valence-corrected chi connectivity index (χ3v) is 3.15. The third-order valence-electron chi connectivity index (χ3n) is 2.01. The van der Waals surface area contributed by atoms with Crippen LogP contribution in [0.2, 0.25) is 0 Å². The van der Waals surface area contributed by atoms with E-state index in [0.29, 0.717) is 11.2 Å². The molecule has 0 N–H and O–H groups in total. The average molecular weight is 218 g/mol. The molecule has 0 aliphatic rings. The van der Waals surface area contributed by atoms with Gasteiger partial charge in [0.05, 0.1) is 5.25 Å². The molecule has 1 aromatic rings. The number of hydrogen-bond acceptors (Lipinski definition) is 1. The molecule has 1 unspecified atom stereocenters. The van der Waals surface area contributed by atoms with Crippen molar-refractivity contribution in [3.05, 3.63) is 30.3 Å². The van der Waals surface area contributed by atoms with Gasteiger partial charge in [0.15, 0.2) is 0 Å². The second kappa shape index (κ2) is 6.58. The summed E-state index contributed by atoms with van der Waals surface area (Å²) in [6, 6.07) is 10.5. The highest BCUT2D eigenvalue weighted by atomic mass is 32.2. The molecule has 80 valence electrons. The summed E-state index contributed by atoms with van der Waals surface area (Å²) in [5, 5.41) is 0.428. The van der Waals surface area contributed by atoms with Gasteiger partial charge in [-0.15, -0.1) is 17.7 Å². The van der Waals surface area contributed by atoms with Crippen molar-refractivity contribution in [2.75, 3.05) is 0 Å². The number of rotatable bonds is 4. The summed E-state index contributed by atoms with van der Waals surface area (Å²) < 4.78 is 0. The first-order chi connectivity index (χ1) is 7.22. The van der Waals surface area contributed by atoms with Gasteiger partial charge in [-0.25, -0.2) is 0 Å². The lowest BCUT2D eigenvalue weighted by molar-refractivity contribution is 0.606. The van der Waals surface area contributed by atoms with Crippen molar-refractivity contribution in [3.63, 3.8) is 0 Å². The van der Waals surface area contributed by atoms with E-state index in [1.165, 1.54) is 4.90 Å². The maximum absolute atomic E-state index is 3.28. The second-order valence-electron chi connectivity index (χ2n) is 3.94. The van der Waals surface area contributed by atoms with Crippen LogP contribution in [0.4, 0.5) is 0 Å². The molecule has 0 aliphatic heterocycles. The predicted octanol–water partition coefficient (Wildman–Crippen LogP) is 4.22. The first-order valence-corrected chi connectivity index (χ1v) is 6.24. The van der Waals surface area contributed by atoms with Crippen molar-refractivity contribution in [2.24, 2.45) is 5.92 Å². The fraction of sp³-hybridized carbons (Fsp3) is 0.429. The van der Waals surface area contributed by atoms with Crippen LogP contribution in [0.15, 0.2) is 35.2 Å². The van der Waals surface area contributed by atoms with E-state index in [4.69, 9.17) is 0 Å². The van der Waals surface area contributed by atoms with E-state index in [0.717, 1.165) is 6.42 Å². The van der Waals surface area contributed by atoms with Crippen molar-refractivity contribution in [1.29, 1.82) is 0 Å². The van der Waals surface area contributed by atoms with E-state index in [-0.39, 0.29) is 0 Å². The van der Waals surface area contributed by atoms with Gasteiger partial charge in [0, 0.05) is 4.90 Å². The summed E-state index contributed by atoms with van der Waals surface area (Å²) in [6.45, 7) is 6.41. The molecule has 1 aromatic carbocycles. The Hall–Kier alpha value is -0.870. The van der Waals surface area contributed by atoms with Crippen LogP contribution in [0.5, 0.6) is 0 Å². The normalized spacial score (nSPS) is 12.0. The van der Waals surface area contributed by atoms with Crippen LogP contribution in [0, 0.1) is 17.8 Å². The Bertz CT molecular complexity index is 329.